The van der Waals surface area contributed by atoms with Crippen molar-refractivity contribution in [2.75, 3.05) is 0 Å². The number of aldehydes is 1. The van der Waals surface area contributed by atoms with Crippen molar-refractivity contribution in [2.24, 2.45) is 0 Å². The van der Waals surface area contributed by atoms with Crippen LogP contribution in [0.25, 0.3) is 10.9 Å². The average Bonchev–Trinajstić information content (AvgIpc) is 2.50. The maximum absolute atomic E-state index is 10.3. The normalized spacial score (nSPS) is 10.3. The van der Waals surface area contributed by atoms with Crippen molar-refractivity contribution in [1.82, 2.24) is 9.55 Å². The van der Waals surface area contributed by atoms with E-state index < -0.39 is 0 Å². The summed E-state index contributed by atoms with van der Waals surface area (Å²) in [7, 11) is 0. The van der Waals surface area contributed by atoms with Gasteiger partial charge in [-0.15, -0.1) is 0 Å². The zero-order valence-electron chi connectivity index (χ0n) is 6.47. The summed E-state index contributed by atoms with van der Waals surface area (Å²) in [6, 6.07) is 3.85. The first-order chi connectivity index (χ1) is 5.92. The van der Waals surface area contributed by atoms with Crippen LogP contribution in [0.4, 0.5) is 0 Å². The minimum atomic E-state index is 0.410. The summed E-state index contributed by atoms with van der Waals surface area (Å²) in [5.74, 6) is 0. The minimum absolute atomic E-state index is 0.410. The second-order valence-electron chi connectivity index (χ2n) is 2.57. The molecule has 0 spiro atoms. The molecule has 3 heteroatoms. The summed E-state index contributed by atoms with van der Waals surface area (Å²) in [6.07, 6.45) is 6.29. The van der Waals surface area contributed by atoms with E-state index >= 15 is 0 Å². The molecule has 12 heavy (non-hydrogen) atoms. The highest BCUT2D eigenvalue weighted by molar-refractivity contribution is 5.79. The van der Waals surface area contributed by atoms with Gasteiger partial charge in [-0.1, -0.05) is 0 Å². The van der Waals surface area contributed by atoms with Gasteiger partial charge in [0.1, 0.15) is 6.29 Å². The Kier molecular flexibility index (Phi) is 1.63. The third-order valence-electron chi connectivity index (χ3n) is 1.84. The van der Waals surface area contributed by atoms with E-state index in [-0.39, 0.29) is 0 Å². The maximum atomic E-state index is 10.3. The van der Waals surface area contributed by atoms with Crippen LogP contribution in [0.1, 0.15) is 0 Å². The molecular formula is C9H8N2O. The van der Waals surface area contributed by atoms with Gasteiger partial charge in [-0.05, 0) is 12.1 Å². The Morgan fingerprint density at radius 1 is 1.50 bits per heavy atom. The summed E-state index contributed by atoms with van der Waals surface area (Å²) < 4.78 is 1.89. The minimum Gasteiger partial charge on any atom is -0.340 e. The van der Waals surface area contributed by atoms with E-state index in [1.807, 2.05) is 22.9 Å². The second-order valence-corrected chi connectivity index (χ2v) is 2.57. The zero-order valence-corrected chi connectivity index (χ0v) is 6.47. The lowest BCUT2D eigenvalue weighted by Gasteiger charge is -1.97. The molecule has 0 amide bonds. The fraction of sp³-hybridized carbons (Fsp3) is 0.111. The molecule has 0 saturated carbocycles. The number of carbonyl (C=O) groups is 1. The highest BCUT2D eigenvalue weighted by Crippen LogP contribution is 2.12. The molecule has 3 nitrogen and oxygen atoms in total. The van der Waals surface area contributed by atoms with Crippen molar-refractivity contribution in [3.8, 4) is 0 Å². The molecule has 0 bridgehead atoms. The molecule has 0 radical (unpaired) electrons. The molecule has 0 aliphatic carbocycles. The Hall–Kier alpha value is -1.64. The van der Waals surface area contributed by atoms with Crippen LogP contribution in [0, 0.1) is 0 Å². The zero-order chi connectivity index (χ0) is 8.39. The quantitative estimate of drug-likeness (QED) is 0.619. The topological polar surface area (TPSA) is 34.9 Å². The summed E-state index contributed by atoms with van der Waals surface area (Å²) in [4.78, 5) is 14.3. The van der Waals surface area contributed by atoms with Crippen LogP contribution < -0.4 is 0 Å². The predicted molar refractivity (Wildman–Crippen MR) is 45.8 cm³/mol. The van der Waals surface area contributed by atoms with Crippen LogP contribution in [0.2, 0.25) is 0 Å². The Morgan fingerprint density at radius 2 is 2.42 bits per heavy atom. The molecular weight excluding hydrogens is 152 g/mol. The molecule has 2 rings (SSSR count). The van der Waals surface area contributed by atoms with Gasteiger partial charge in [0, 0.05) is 24.0 Å². The molecule has 0 atom stereocenters. The standard InChI is InChI=1S/C9H8N2O/c12-6-5-11-4-2-8-7-10-3-1-9(8)11/h1-4,6-7H,5H2. The van der Waals surface area contributed by atoms with Crippen molar-refractivity contribution in [3.63, 3.8) is 0 Å². The lowest BCUT2D eigenvalue weighted by Crippen LogP contribution is -1.95. The second kappa shape index (κ2) is 2.77. The lowest BCUT2D eigenvalue weighted by atomic mass is 10.3. The fourth-order valence-electron chi connectivity index (χ4n) is 1.28. The Bertz CT molecular complexity index is 406. The van der Waals surface area contributed by atoms with Crippen LogP contribution in [0.15, 0.2) is 30.7 Å². The van der Waals surface area contributed by atoms with Gasteiger partial charge in [0.25, 0.3) is 0 Å². The van der Waals surface area contributed by atoms with Crippen molar-refractivity contribution in [1.29, 1.82) is 0 Å². The molecule has 0 N–H and O–H groups in total. The summed E-state index contributed by atoms with van der Waals surface area (Å²) in [5, 5.41) is 1.07. The first kappa shape index (κ1) is 7.03. The monoisotopic (exact) mass is 160 g/mol. The SMILES string of the molecule is O=CCn1ccc2cnccc21. The molecule has 2 heterocycles. The van der Waals surface area contributed by atoms with Crippen LogP contribution in [0.3, 0.4) is 0 Å². The number of fused-ring (bicyclic) bond motifs is 1. The van der Waals surface area contributed by atoms with Crippen molar-refractivity contribution in [2.45, 2.75) is 6.54 Å². The molecule has 0 unspecified atom stereocenters. The number of hydrogen-bond acceptors (Lipinski definition) is 2. The number of carbonyl (C=O) groups excluding carboxylic acids is 1. The molecule has 0 aliphatic heterocycles. The van der Waals surface area contributed by atoms with Gasteiger partial charge in [0.05, 0.1) is 12.1 Å². The van der Waals surface area contributed by atoms with E-state index in [1.54, 1.807) is 12.4 Å². The van der Waals surface area contributed by atoms with E-state index in [0.717, 1.165) is 17.2 Å². The lowest BCUT2D eigenvalue weighted by molar-refractivity contribution is -0.108. The molecule has 0 aromatic carbocycles. The van der Waals surface area contributed by atoms with Gasteiger partial charge in [0.2, 0.25) is 0 Å². The van der Waals surface area contributed by atoms with Gasteiger partial charge in [-0.2, -0.15) is 0 Å². The number of rotatable bonds is 2. The van der Waals surface area contributed by atoms with Gasteiger partial charge in [-0.25, -0.2) is 0 Å². The van der Waals surface area contributed by atoms with Crippen LogP contribution >= 0.6 is 0 Å². The maximum Gasteiger partial charge on any atom is 0.139 e. The number of hydrogen-bond donors (Lipinski definition) is 0. The van der Waals surface area contributed by atoms with Gasteiger partial charge in [-0.3, -0.25) is 4.98 Å². The highest BCUT2D eigenvalue weighted by atomic mass is 16.1. The van der Waals surface area contributed by atoms with Crippen molar-refractivity contribution in [3.05, 3.63) is 30.7 Å². The summed E-state index contributed by atoms with van der Waals surface area (Å²) in [5.41, 5.74) is 1.05. The summed E-state index contributed by atoms with van der Waals surface area (Å²) in [6.45, 7) is 0.410. The largest absolute Gasteiger partial charge is 0.340 e. The van der Waals surface area contributed by atoms with Crippen LogP contribution in [-0.4, -0.2) is 15.8 Å². The molecule has 60 valence electrons. The van der Waals surface area contributed by atoms with Crippen LogP contribution in [-0.2, 0) is 11.3 Å². The van der Waals surface area contributed by atoms with E-state index in [4.69, 9.17) is 0 Å². The Labute approximate surface area is 69.6 Å². The molecule has 0 saturated heterocycles. The average molecular weight is 160 g/mol. The molecule has 2 aromatic heterocycles. The van der Waals surface area contributed by atoms with Gasteiger partial charge < -0.3 is 9.36 Å². The van der Waals surface area contributed by atoms with Gasteiger partial charge in [0.15, 0.2) is 0 Å². The van der Waals surface area contributed by atoms with E-state index in [9.17, 15) is 4.79 Å². The smallest absolute Gasteiger partial charge is 0.139 e. The highest BCUT2D eigenvalue weighted by Gasteiger charge is 1.97. The fourth-order valence-corrected chi connectivity index (χ4v) is 1.28. The van der Waals surface area contributed by atoms with Gasteiger partial charge >= 0.3 is 0 Å². The van der Waals surface area contributed by atoms with E-state index in [0.29, 0.717) is 6.54 Å². The third kappa shape index (κ3) is 0.993. The Morgan fingerprint density at radius 3 is 3.25 bits per heavy atom. The van der Waals surface area contributed by atoms with E-state index in [2.05, 4.69) is 4.98 Å². The van der Waals surface area contributed by atoms with E-state index in [1.165, 1.54) is 0 Å². The predicted octanol–water partition coefficient (Wildman–Crippen LogP) is 1.24. The van der Waals surface area contributed by atoms with Crippen LogP contribution in [0.5, 0.6) is 0 Å². The third-order valence-corrected chi connectivity index (χ3v) is 1.84. The Balaban J connectivity index is 2.62. The number of pyridine rings is 1. The number of aromatic nitrogens is 2. The first-order valence-corrected chi connectivity index (χ1v) is 3.74. The summed E-state index contributed by atoms with van der Waals surface area (Å²) >= 11 is 0. The molecule has 0 aliphatic rings. The first-order valence-electron chi connectivity index (χ1n) is 3.74. The molecule has 2 aromatic rings. The van der Waals surface area contributed by atoms with Crippen molar-refractivity contribution >= 4 is 17.2 Å². The van der Waals surface area contributed by atoms with Crippen molar-refractivity contribution < 1.29 is 4.79 Å². The number of nitrogens with zero attached hydrogens (tertiary/aromatic N) is 2. The molecule has 0 fully saturated rings.